The van der Waals surface area contributed by atoms with Gasteiger partial charge in [0.15, 0.2) is 0 Å². The summed E-state index contributed by atoms with van der Waals surface area (Å²) in [7, 11) is 0. The molecule has 172 valence electrons. The van der Waals surface area contributed by atoms with Crippen LogP contribution in [0.2, 0.25) is 0 Å². The highest BCUT2D eigenvalue weighted by Crippen LogP contribution is 2.37. The predicted octanol–water partition coefficient (Wildman–Crippen LogP) is 5.39. The zero-order valence-corrected chi connectivity index (χ0v) is 19.6. The Labute approximate surface area is 204 Å². The molecule has 1 aliphatic carbocycles. The number of nitro groups is 1. The summed E-state index contributed by atoms with van der Waals surface area (Å²) >= 11 is 2.82. The SMILES string of the molecule is N#Cc1c(NC(=O)CSc2cccc(NC(=O)c3ccc([N+](=O)[O-])cc3)c2)sc2c1CCCC2. The van der Waals surface area contributed by atoms with Gasteiger partial charge in [0.25, 0.3) is 11.6 Å². The van der Waals surface area contributed by atoms with E-state index in [0.717, 1.165) is 36.1 Å². The molecule has 1 heterocycles. The second-order valence-corrected chi connectivity index (χ2v) is 9.80. The summed E-state index contributed by atoms with van der Waals surface area (Å²) in [4.78, 5) is 37.2. The fourth-order valence-electron chi connectivity index (χ4n) is 3.69. The molecular formula is C24H20N4O4S2. The molecule has 1 aromatic heterocycles. The Hall–Kier alpha value is -3.68. The summed E-state index contributed by atoms with van der Waals surface area (Å²) in [6.07, 6.45) is 4.02. The van der Waals surface area contributed by atoms with Crippen LogP contribution in [0.25, 0.3) is 0 Å². The maximum atomic E-state index is 12.5. The third-order valence-electron chi connectivity index (χ3n) is 5.34. The lowest BCUT2D eigenvalue weighted by Crippen LogP contribution is -2.14. The van der Waals surface area contributed by atoms with Gasteiger partial charge in [-0.25, -0.2) is 0 Å². The number of hydrogen-bond donors (Lipinski definition) is 2. The molecule has 0 spiro atoms. The van der Waals surface area contributed by atoms with Gasteiger partial charge in [-0.2, -0.15) is 5.26 Å². The van der Waals surface area contributed by atoms with E-state index in [1.165, 1.54) is 52.2 Å². The number of rotatable bonds is 7. The van der Waals surface area contributed by atoms with Crippen molar-refractivity contribution in [3.05, 3.63) is 80.2 Å². The number of hydrogen-bond acceptors (Lipinski definition) is 7. The number of nitro benzene ring substituents is 1. The minimum atomic E-state index is -0.521. The van der Waals surface area contributed by atoms with Gasteiger partial charge in [0, 0.05) is 33.2 Å². The van der Waals surface area contributed by atoms with Crippen molar-refractivity contribution in [2.24, 2.45) is 0 Å². The fraction of sp³-hybridized carbons (Fsp3) is 0.208. The lowest BCUT2D eigenvalue weighted by atomic mass is 9.96. The molecule has 0 fully saturated rings. The van der Waals surface area contributed by atoms with E-state index in [9.17, 15) is 25.0 Å². The maximum Gasteiger partial charge on any atom is 0.269 e. The summed E-state index contributed by atoms with van der Waals surface area (Å²) in [5.41, 5.74) is 2.44. The van der Waals surface area contributed by atoms with E-state index in [1.807, 2.05) is 6.07 Å². The van der Waals surface area contributed by atoms with Gasteiger partial charge >= 0.3 is 0 Å². The van der Waals surface area contributed by atoms with E-state index in [4.69, 9.17) is 0 Å². The Morgan fingerprint density at radius 3 is 2.62 bits per heavy atom. The quantitative estimate of drug-likeness (QED) is 0.259. The van der Waals surface area contributed by atoms with Gasteiger partial charge in [-0.1, -0.05) is 6.07 Å². The molecule has 0 saturated carbocycles. The molecule has 0 bridgehead atoms. The van der Waals surface area contributed by atoms with Crippen molar-refractivity contribution >= 4 is 51.3 Å². The van der Waals surface area contributed by atoms with Gasteiger partial charge in [0.2, 0.25) is 5.91 Å². The monoisotopic (exact) mass is 492 g/mol. The lowest BCUT2D eigenvalue weighted by molar-refractivity contribution is -0.384. The first-order chi connectivity index (χ1) is 16.4. The molecule has 3 aromatic rings. The number of thiophene rings is 1. The Morgan fingerprint density at radius 2 is 1.88 bits per heavy atom. The van der Waals surface area contributed by atoms with Crippen LogP contribution in [0.15, 0.2) is 53.4 Å². The number of thioether (sulfide) groups is 1. The minimum Gasteiger partial charge on any atom is -0.322 e. The number of amides is 2. The van der Waals surface area contributed by atoms with Gasteiger partial charge in [-0.3, -0.25) is 19.7 Å². The van der Waals surface area contributed by atoms with Crippen LogP contribution in [0.3, 0.4) is 0 Å². The number of nitrogens with zero attached hydrogens (tertiary/aromatic N) is 2. The number of carbonyl (C=O) groups is 2. The van der Waals surface area contributed by atoms with Crippen molar-refractivity contribution < 1.29 is 14.5 Å². The first kappa shape index (κ1) is 23.5. The number of anilines is 2. The molecule has 2 N–H and O–H groups in total. The van der Waals surface area contributed by atoms with E-state index in [-0.39, 0.29) is 23.3 Å². The van der Waals surface area contributed by atoms with Crippen molar-refractivity contribution in [2.45, 2.75) is 30.6 Å². The van der Waals surface area contributed by atoms with Gasteiger partial charge in [-0.05, 0) is 61.6 Å². The smallest absolute Gasteiger partial charge is 0.269 e. The Morgan fingerprint density at radius 1 is 1.12 bits per heavy atom. The molecule has 0 atom stereocenters. The number of fused-ring (bicyclic) bond motifs is 1. The van der Waals surface area contributed by atoms with Crippen LogP contribution >= 0.6 is 23.1 Å². The van der Waals surface area contributed by atoms with Crippen LogP contribution < -0.4 is 10.6 Å². The molecule has 2 amide bonds. The summed E-state index contributed by atoms with van der Waals surface area (Å²) in [6, 6.07) is 14.7. The third kappa shape index (κ3) is 5.44. The second kappa shape index (κ2) is 10.5. The highest BCUT2D eigenvalue weighted by molar-refractivity contribution is 8.00. The molecule has 0 aliphatic heterocycles. The first-order valence-electron chi connectivity index (χ1n) is 10.6. The molecule has 0 unspecified atom stereocenters. The zero-order valence-electron chi connectivity index (χ0n) is 18.0. The van der Waals surface area contributed by atoms with Crippen LogP contribution in [-0.2, 0) is 17.6 Å². The van der Waals surface area contributed by atoms with Crippen molar-refractivity contribution in [1.82, 2.24) is 0 Å². The number of carbonyl (C=O) groups excluding carboxylic acids is 2. The van der Waals surface area contributed by atoms with Gasteiger partial charge < -0.3 is 10.6 Å². The molecule has 8 nitrogen and oxygen atoms in total. The average Bonchev–Trinajstić information content (AvgIpc) is 3.19. The normalized spacial score (nSPS) is 12.3. The van der Waals surface area contributed by atoms with Gasteiger partial charge in [0.1, 0.15) is 11.1 Å². The number of nitriles is 1. The summed E-state index contributed by atoms with van der Waals surface area (Å²) in [5.74, 6) is -0.423. The minimum absolute atomic E-state index is 0.0853. The molecule has 10 heteroatoms. The Balaban J connectivity index is 1.35. The molecule has 0 radical (unpaired) electrons. The van der Waals surface area contributed by atoms with Gasteiger partial charge in [0.05, 0.1) is 16.2 Å². The standard InChI is InChI=1S/C24H20N4O4S2/c25-13-20-19-6-1-2-7-21(19)34-24(20)27-22(29)14-33-18-5-3-4-16(12-18)26-23(30)15-8-10-17(11-9-15)28(31)32/h3-5,8-12H,1-2,6-7,14H2,(H,26,30)(H,27,29). The highest BCUT2D eigenvalue weighted by Gasteiger charge is 2.21. The summed E-state index contributed by atoms with van der Waals surface area (Å²) < 4.78 is 0. The molecule has 4 rings (SSSR count). The van der Waals surface area contributed by atoms with Gasteiger partial charge in [-0.15, -0.1) is 23.1 Å². The number of aryl methyl sites for hydroxylation is 1. The van der Waals surface area contributed by atoms with Crippen molar-refractivity contribution in [3.8, 4) is 6.07 Å². The average molecular weight is 493 g/mol. The van der Waals surface area contributed by atoms with Crippen molar-refractivity contribution in [3.63, 3.8) is 0 Å². The van der Waals surface area contributed by atoms with Crippen LogP contribution in [0.5, 0.6) is 0 Å². The Bertz CT molecular complexity index is 1300. The lowest BCUT2D eigenvalue weighted by Gasteiger charge is -2.09. The number of nitrogens with one attached hydrogen (secondary N) is 2. The third-order valence-corrected chi connectivity index (χ3v) is 7.54. The van der Waals surface area contributed by atoms with Crippen molar-refractivity contribution in [2.75, 3.05) is 16.4 Å². The highest BCUT2D eigenvalue weighted by atomic mass is 32.2. The van der Waals surface area contributed by atoms with E-state index in [1.54, 1.807) is 18.2 Å². The maximum absolute atomic E-state index is 12.5. The summed E-state index contributed by atoms with van der Waals surface area (Å²) in [6.45, 7) is 0. The van der Waals surface area contributed by atoms with Crippen LogP contribution in [0, 0.1) is 21.4 Å². The van der Waals surface area contributed by atoms with Crippen LogP contribution in [-0.4, -0.2) is 22.5 Å². The van der Waals surface area contributed by atoms with Crippen LogP contribution in [0.4, 0.5) is 16.4 Å². The fourth-order valence-corrected chi connectivity index (χ4v) is 5.70. The topological polar surface area (TPSA) is 125 Å². The zero-order chi connectivity index (χ0) is 24.1. The van der Waals surface area contributed by atoms with E-state index in [2.05, 4.69) is 16.7 Å². The molecule has 0 saturated heterocycles. The van der Waals surface area contributed by atoms with E-state index < -0.39 is 4.92 Å². The molecule has 34 heavy (non-hydrogen) atoms. The Kier molecular flexibility index (Phi) is 7.25. The van der Waals surface area contributed by atoms with E-state index in [0.29, 0.717) is 21.8 Å². The van der Waals surface area contributed by atoms with Crippen molar-refractivity contribution in [1.29, 1.82) is 5.26 Å². The summed E-state index contributed by atoms with van der Waals surface area (Å²) in [5, 5.41) is 26.6. The predicted molar refractivity (Wildman–Crippen MR) is 133 cm³/mol. The molecule has 2 aromatic carbocycles. The molecular weight excluding hydrogens is 472 g/mol. The number of benzene rings is 2. The van der Waals surface area contributed by atoms with E-state index >= 15 is 0 Å². The van der Waals surface area contributed by atoms with Crippen LogP contribution in [0.1, 0.15) is 39.2 Å². The second-order valence-electron chi connectivity index (χ2n) is 7.65. The number of non-ortho nitro benzene ring substituents is 1. The molecule has 1 aliphatic rings. The first-order valence-corrected chi connectivity index (χ1v) is 12.4. The largest absolute Gasteiger partial charge is 0.322 e.